The molecule has 7 heteroatoms. The van der Waals surface area contributed by atoms with Crippen molar-refractivity contribution in [2.45, 2.75) is 0 Å². The third-order valence-electron chi connectivity index (χ3n) is 0. The molecule has 0 aliphatic heterocycles. The average molecular weight is 252 g/mol. The maximum Gasteiger partial charge on any atom is 0 e. The molecule has 35 valence electrons. The molecule has 0 unspecified atom stereocenters. The van der Waals surface area contributed by atoms with E-state index in [2.05, 4.69) is 0 Å². The Hall–Kier alpha value is 3.80. The van der Waals surface area contributed by atoms with Crippen LogP contribution in [0, 0.1) is 0 Å². The summed E-state index contributed by atoms with van der Waals surface area (Å²) in [5.41, 5.74) is 0. The van der Waals surface area contributed by atoms with Gasteiger partial charge in [-0.15, -0.1) is 0 Å². The molecular weight excluding hydrogens is 252 g/mol. The number of rotatable bonds is 0. The molecule has 0 saturated carbocycles. The van der Waals surface area contributed by atoms with Crippen LogP contribution < -0.4 is 6.15 Å². The van der Waals surface area contributed by atoms with Gasteiger partial charge in [0.25, 0.3) is 0 Å². The summed E-state index contributed by atoms with van der Waals surface area (Å²) in [6, 6.07) is 0. The molecule has 0 fully saturated rings. The van der Waals surface area contributed by atoms with Crippen molar-refractivity contribution in [3.63, 3.8) is 0 Å². The average Bonchev–Trinajstić information content (AvgIpc) is 0. The molecule has 13 radical (unpaired) electrons. The van der Waals surface area contributed by atoms with Crippen LogP contribution in [0.1, 0.15) is 0 Å². The molecule has 0 spiro atoms. The fourth-order valence-electron chi connectivity index (χ4n) is 0. The third kappa shape index (κ3) is 41.3. The Labute approximate surface area is 122 Å². The summed E-state index contributed by atoms with van der Waals surface area (Å²) < 4.78 is 0. The summed E-state index contributed by atoms with van der Waals surface area (Å²) >= 11 is 0. The van der Waals surface area contributed by atoms with E-state index in [4.69, 9.17) is 0 Å². The second-order valence-corrected chi connectivity index (χ2v) is 0. The van der Waals surface area contributed by atoms with Crippen LogP contribution in [-0.2, 0) is 34.1 Å². The first kappa shape index (κ1) is 71.7. The van der Waals surface area contributed by atoms with Gasteiger partial charge in [0.15, 0.2) is 0 Å². The van der Waals surface area contributed by atoms with E-state index in [1.165, 1.54) is 0 Å². The molecule has 0 aliphatic carbocycles. The van der Waals surface area contributed by atoms with Gasteiger partial charge >= 0.3 is 0 Å². The Kier molecular flexibility index (Phi) is 538. The molecule has 0 amide bonds. The Morgan fingerprint density at radius 3 is 1.00 bits per heavy atom. The minimum absolute atomic E-state index is 0. The second kappa shape index (κ2) is 52.5. The minimum atomic E-state index is 0. The topological polar surface area (TPSA) is 30.5 Å². The Morgan fingerprint density at radius 1 is 1.00 bits per heavy atom. The van der Waals surface area contributed by atoms with Gasteiger partial charge in [0.1, 0.15) is 0 Å². The van der Waals surface area contributed by atoms with Crippen molar-refractivity contribution in [2.24, 2.45) is 0 Å². The molecule has 0 saturated heterocycles. The van der Waals surface area contributed by atoms with Gasteiger partial charge in [0.2, 0.25) is 0 Å². The van der Waals surface area contributed by atoms with Crippen LogP contribution in [-0.4, -0.2) is 60.8 Å². The van der Waals surface area contributed by atoms with Crippen LogP contribution in [0.3, 0.4) is 0 Å². The van der Waals surface area contributed by atoms with E-state index >= 15 is 0 Å². The van der Waals surface area contributed by atoms with E-state index in [0.717, 1.165) is 0 Å². The quantitative estimate of drug-likeness (QED) is 0.437. The van der Waals surface area contributed by atoms with Crippen molar-refractivity contribution in [3.8, 4) is 0 Å². The molecule has 0 N–H and O–H groups in total. The third-order valence-corrected chi connectivity index (χ3v) is 0. The van der Waals surface area contributed by atoms with E-state index in [1.54, 1.807) is 0 Å². The Balaban J connectivity index is 0. The van der Waals surface area contributed by atoms with Crippen molar-refractivity contribution in [1.29, 1.82) is 0 Å². The summed E-state index contributed by atoms with van der Waals surface area (Å²) in [4.78, 5) is 0. The molecule has 0 atom stereocenters. The monoisotopic (exact) mass is 252 g/mol. The second-order valence-electron chi connectivity index (χ2n) is 0. The van der Waals surface area contributed by atoms with Crippen LogP contribution in [0.2, 0.25) is 0 Å². The van der Waals surface area contributed by atoms with E-state index in [0.29, 0.717) is 0 Å². The van der Waals surface area contributed by atoms with E-state index in [1.807, 2.05) is 0 Å². The Bertz CT molecular complexity index is 19.7. The standard InChI is InChI=1S/Ca.Fe.Mg.Mn.N.P.S. The van der Waals surface area contributed by atoms with E-state index in [9.17, 15) is 0 Å². The zero-order valence-electron chi connectivity index (χ0n) is 3.45. The molecular formula is CaFeMgMnNPS. The number of hydrogen-bond acceptors (Lipinski definition) is 0. The molecule has 0 aromatic carbocycles. The van der Waals surface area contributed by atoms with Gasteiger partial charge in [-0.25, -0.2) is 0 Å². The minimum Gasteiger partial charge on any atom is 0 e. The first-order valence-corrected chi connectivity index (χ1v) is 0. The van der Waals surface area contributed by atoms with Crippen molar-refractivity contribution >= 4 is 84.2 Å². The van der Waals surface area contributed by atoms with E-state index < -0.39 is 0 Å². The Morgan fingerprint density at radius 2 is 1.00 bits per heavy atom. The van der Waals surface area contributed by atoms with Crippen molar-refractivity contribution in [1.82, 2.24) is 6.15 Å². The normalized spacial score (nSPS) is 0. The van der Waals surface area contributed by atoms with Gasteiger partial charge in [-0.2, -0.15) is 0 Å². The summed E-state index contributed by atoms with van der Waals surface area (Å²) in [5, 5.41) is 0. The van der Waals surface area contributed by atoms with Crippen LogP contribution >= 0.6 is 23.4 Å². The fraction of sp³-hybridized carbons (Fsp3) is 0. The van der Waals surface area contributed by atoms with Gasteiger partial charge < -0.3 is 0 Å². The van der Waals surface area contributed by atoms with Crippen LogP contribution in [0.15, 0.2) is 0 Å². The SMILES string of the molecule is [Ca].[Fe].[Mg].[Mn].[N].[P].[S]. The summed E-state index contributed by atoms with van der Waals surface area (Å²) in [7, 11) is 0. The zero-order chi connectivity index (χ0) is 0. The smallest absolute Gasteiger partial charge is 0 e. The fourth-order valence-corrected chi connectivity index (χ4v) is 0. The first-order chi connectivity index (χ1) is 0. The van der Waals surface area contributed by atoms with Gasteiger partial charge in [0, 0.05) is 124 Å². The van der Waals surface area contributed by atoms with Crippen molar-refractivity contribution in [2.75, 3.05) is 0 Å². The molecule has 0 heterocycles. The van der Waals surface area contributed by atoms with Crippen LogP contribution in [0.25, 0.3) is 0 Å². The van der Waals surface area contributed by atoms with Gasteiger partial charge in [-0.1, -0.05) is 0 Å². The summed E-state index contributed by atoms with van der Waals surface area (Å²) in [6.07, 6.45) is 0. The summed E-state index contributed by atoms with van der Waals surface area (Å²) in [6.45, 7) is 0. The zero-order valence-corrected chi connectivity index (χ0v) is 11.1. The molecule has 0 aromatic heterocycles. The largest absolute Gasteiger partial charge is 0 e. The number of nitrogens with zero attached hydrogens (tertiary/aromatic N) is 1. The van der Waals surface area contributed by atoms with E-state index in [-0.39, 0.29) is 124 Å². The molecule has 7 heavy (non-hydrogen) atoms. The maximum atomic E-state index is 0. The molecule has 1 nitrogen and oxygen atoms in total. The maximum absolute atomic E-state index is 0. The first-order valence-electron chi connectivity index (χ1n) is 0. The van der Waals surface area contributed by atoms with Gasteiger partial charge in [0.05, 0.1) is 0 Å². The predicted octanol–water partition coefficient (Wildman–Crippen LogP) is 0.262. The summed E-state index contributed by atoms with van der Waals surface area (Å²) in [5.74, 6) is 0. The van der Waals surface area contributed by atoms with Crippen LogP contribution in [0.5, 0.6) is 0 Å². The molecule has 0 aliphatic rings. The van der Waals surface area contributed by atoms with Gasteiger partial charge in [-0.05, 0) is 0 Å². The van der Waals surface area contributed by atoms with Crippen LogP contribution in [0.4, 0.5) is 0 Å². The van der Waals surface area contributed by atoms with Crippen molar-refractivity contribution in [3.05, 3.63) is 0 Å². The number of hydrogen-bond donors (Lipinski definition) is 0. The molecule has 0 bridgehead atoms. The van der Waals surface area contributed by atoms with Crippen molar-refractivity contribution < 1.29 is 34.1 Å². The molecule has 0 rings (SSSR count). The van der Waals surface area contributed by atoms with Gasteiger partial charge in [-0.3, -0.25) is 0 Å². The predicted molar refractivity (Wildman–Crippen MR) is 28.2 cm³/mol. The molecule has 0 aromatic rings.